The Bertz CT molecular complexity index is 907. The largest absolute Gasteiger partial charge is 0.272 e. The van der Waals surface area contributed by atoms with E-state index in [1.54, 1.807) is 6.07 Å². The zero-order valence-electron chi connectivity index (χ0n) is 14.2. The molecule has 0 fully saturated rings. The molecule has 0 atom stereocenters. The van der Waals surface area contributed by atoms with Crippen molar-refractivity contribution in [2.45, 2.75) is 5.92 Å². The third kappa shape index (κ3) is 4.67. The minimum Gasteiger partial charge on any atom is -0.272 e. The number of hydrogen-bond acceptors (Lipinski definition) is 2. The molecule has 0 bridgehead atoms. The van der Waals surface area contributed by atoms with Crippen LogP contribution in [-0.2, 0) is 4.79 Å². The number of hydrazine groups is 1. The Morgan fingerprint density at radius 3 is 1.81 bits per heavy atom. The van der Waals surface area contributed by atoms with Crippen LogP contribution in [-0.4, -0.2) is 11.8 Å². The summed E-state index contributed by atoms with van der Waals surface area (Å²) in [7, 11) is 0. The second kappa shape index (κ2) is 8.71. The van der Waals surface area contributed by atoms with Crippen LogP contribution in [0.3, 0.4) is 0 Å². The quantitative estimate of drug-likeness (QED) is 0.631. The van der Waals surface area contributed by atoms with Crippen molar-refractivity contribution in [2.24, 2.45) is 0 Å². The monoisotopic (exact) mass is 398 g/mol. The zero-order chi connectivity index (χ0) is 19.2. The Morgan fingerprint density at radius 2 is 1.30 bits per heavy atom. The van der Waals surface area contributed by atoms with Crippen LogP contribution in [0.1, 0.15) is 27.4 Å². The predicted molar refractivity (Wildman–Crippen MR) is 107 cm³/mol. The van der Waals surface area contributed by atoms with Crippen LogP contribution in [0.2, 0.25) is 10.0 Å². The maximum absolute atomic E-state index is 12.8. The van der Waals surface area contributed by atoms with E-state index in [2.05, 4.69) is 10.9 Å². The number of halogens is 2. The van der Waals surface area contributed by atoms with Gasteiger partial charge in [-0.15, -0.1) is 0 Å². The SMILES string of the molecule is O=C(NNC(=O)C(c1ccccc1)c1ccccc1)c1ccc(Cl)cc1Cl. The highest BCUT2D eigenvalue weighted by molar-refractivity contribution is 6.36. The lowest BCUT2D eigenvalue weighted by molar-refractivity contribution is -0.122. The van der Waals surface area contributed by atoms with Gasteiger partial charge in [-0.3, -0.25) is 20.4 Å². The first kappa shape index (κ1) is 19.0. The van der Waals surface area contributed by atoms with Crippen molar-refractivity contribution < 1.29 is 9.59 Å². The number of rotatable bonds is 4. The van der Waals surface area contributed by atoms with E-state index in [1.807, 2.05) is 60.7 Å². The molecule has 4 nitrogen and oxygen atoms in total. The number of amides is 2. The molecule has 0 heterocycles. The second-order valence-corrected chi connectivity index (χ2v) is 6.67. The Balaban J connectivity index is 1.78. The molecule has 0 radical (unpaired) electrons. The third-order valence-electron chi connectivity index (χ3n) is 4.00. The summed E-state index contributed by atoms with van der Waals surface area (Å²) < 4.78 is 0. The van der Waals surface area contributed by atoms with Crippen molar-refractivity contribution in [3.05, 3.63) is 106 Å². The van der Waals surface area contributed by atoms with Crippen molar-refractivity contribution in [3.8, 4) is 0 Å². The van der Waals surface area contributed by atoms with E-state index < -0.39 is 11.8 Å². The third-order valence-corrected chi connectivity index (χ3v) is 4.55. The highest BCUT2D eigenvalue weighted by Crippen LogP contribution is 2.25. The van der Waals surface area contributed by atoms with Crippen LogP contribution < -0.4 is 10.9 Å². The molecule has 0 aromatic heterocycles. The minimum absolute atomic E-state index is 0.205. The van der Waals surface area contributed by atoms with Crippen molar-refractivity contribution in [1.82, 2.24) is 10.9 Å². The molecule has 2 N–H and O–H groups in total. The summed E-state index contributed by atoms with van der Waals surface area (Å²) in [6.07, 6.45) is 0. The van der Waals surface area contributed by atoms with E-state index >= 15 is 0 Å². The Morgan fingerprint density at radius 1 is 0.741 bits per heavy atom. The summed E-state index contributed by atoms with van der Waals surface area (Å²) in [6.45, 7) is 0. The maximum Gasteiger partial charge on any atom is 0.271 e. The van der Waals surface area contributed by atoms with Gasteiger partial charge in [0.05, 0.1) is 16.5 Å². The first-order valence-corrected chi connectivity index (χ1v) is 8.97. The fourth-order valence-electron chi connectivity index (χ4n) is 2.72. The van der Waals surface area contributed by atoms with E-state index in [4.69, 9.17) is 23.2 Å². The van der Waals surface area contributed by atoms with Gasteiger partial charge in [0.2, 0.25) is 5.91 Å². The molecule has 3 aromatic rings. The van der Waals surface area contributed by atoms with E-state index in [1.165, 1.54) is 12.1 Å². The van der Waals surface area contributed by atoms with E-state index in [0.717, 1.165) is 11.1 Å². The second-order valence-electron chi connectivity index (χ2n) is 5.82. The van der Waals surface area contributed by atoms with Gasteiger partial charge < -0.3 is 0 Å². The Kier molecular flexibility index (Phi) is 6.12. The molecular weight excluding hydrogens is 383 g/mol. The Labute approximate surface area is 167 Å². The minimum atomic E-state index is -0.562. The van der Waals surface area contributed by atoms with Crippen LogP contribution in [0.4, 0.5) is 0 Å². The number of carbonyl (C=O) groups excluding carboxylic acids is 2. The first-order valence-electron chi connectivity index (χ1n) is 8.21. The summed E-state index contributed by atoms with van der Waals surface area (Å²) in [4.78, 5) is 25.2. The van der Waals surface area contributed by atoms with Crippen molar-refractivity contribution in [1.29, 1.82) is 0 Å². The molecule has 3 rings (SSSR count). The van der Waals surface area contributed by atoms with Crippen LogP contribution >= 0.6 is 23.2 Å². The molecule has 27 heavy (non-hydrogen) atoms. The van der Waals surface area contributed by atoms with Gasteiger partial charge in [0.1, 0.15) is 0 Å². The fraction of sp³-hybridized carbons (Fsp3) is 0.0476. The lowest BCUT2D eigenvalue weighted by Crippen LogP contribution is -2.44. The van der Waals surface area contributed by atoms with Gasteiger partial charge in [-0.2, -0.15) is 0 Å². The summed E-state index contributed by atoms with van der Waals surface area (Å²) in [5.41, 5.74) is 6.76. The van der Waals surface area contributed by atoms with E-state index in [-0.39, 0.29) is 16.5 Å². The van der Waals surface area contributed by atoms with Crippen LogP contribution in [0, 0.1) is 0 Å². The number of nitrogens with one attached hydrogen (secondary N) is 2. The van der Waals surface area contributed by atoms with Gasteiger partial charge in [-0.1, -0.05) is 83.9 Å². The highest BCUT2D eigenvalue weighted by Gasteiger charge is 2.23. The number of hydrogen-bond donors (Lipinski definition) is 2. The van der Waals surface area contributed by atoms with Gasteiger partial charge in [-0.05, 0) is 29.3 Å². The van der Waals surface area contributed by atoms with Gasteiger partial charge >= 0.3 is 0 Å². The molecular formula is C21H16Cl2N2O2. The summed E-state index contributed by atoms with van der Waals surface area (Å²) in [5.74, 6) is -1.44. The van der Waals surface area contributed by atoms with Gasteiger partial charge in [0, 0.05) is 5.02 Å². The normalized spacial score (nSPS) is 10.5. The number of benzene rings is 3. The molecule has 6 heteroatoms. The lowest BCUT2D eigenvalue weighted by Gasteiger charge is -2.18. The number of carbonyl (C=O) groups is 2. The van der Waals surface area contributed by atoms with Crippen molar-refractivity contribution >= 4 is 35.0 Å². The Hall–Kier alpha value is -2.82. The van der Waals surface area contributed by atoms with Crippen LogP contribution in [0.15, 0.2) is 78.9 Å². The van der Waals surface area contributed by atoms with Gasteiger partial charge in [0.15, 0.2) is 0 Å². The molecule has 0 saturated carbocycles. The zero-order valence-corrected chi connectivity index (χ0v) is 15.7. The average Bonchev–Trinajstić information content (AvgIpc) is 2.68. The molecule has 0 unspecified atom stereocenters. The fourth-order valence-corrected chi connectivity index (χ4v) is 3.21. The summed E-state index contributed by atoms with van der Waals surface area (Å²) in [5, 5.41) is 0.630. The topological polar surface area (TPSA) is 58.2 Å². The molecule has 0 saturated heterocycles. The molecule has 0 spiro atoms. The van der Waals surface area contributed by atoms with Crippen molar-refractivity contribution in [3.63, 3.8) is 0 Å². The van der Waals surface area contributed by atoms with E-state index in [9.17, 15) is 9.59 Å². The predicted octanol–water partition coefficient (Wildman–Crippen LogP) is 4.59. The van der Waals surface area contributed by atoms with Gasteiger partial charge in [0.25, 0.3) is 5.91 Å². The molecule has 0 aliphatic rings. The summed E-state index contributed by atoms with van der Waals surface area (Å²) >= 11 is 11.9. The molecule has 3 aromatic carbocycles. The average molecular weight is 399 g/mol. The smallest absolute Gasteiger partial charge is 0.271 e. The summed E-state index contributed by atoms with van der Waals surface area (Å²) in [6, 6.07) is 23.2. The first-order chi connectivity index (χ1) is 13.1. The van der Waals surface area contributed by atoms with Gasteiger partial charge in [-0.25, -0.2) is 0 Å². The molecule has 136 valence electrons. The lowest BCUT2D eigenvalue weighted by atomic mass is 9.91. The maximum atomic E-state index is 12.8. The molecule has 0 aliphatic heterocycles. The van der Waals surface area contributed by atoms with Crippen LogP contribution in [0.25, 0.3) is 0 Å². The van der Waals surface area contributed by atoms with E-state index in [0.29, 0.717) is 5.02 Å². The standard InChI is InChI=1S/C21H16Cl2N2O2/c22-16-11-12-17(18(23)13-16)20(26)24-25-21(27)19(14-7-3-1-4-8-14)15-9-5-2-6-10-15/h1-13,19H,(H,24,26)(H,25,27). The highest BCUT2D eigenvalue weighted by atomic mass is 35.5. The molecule has 0 aliphatic carbocycles. The van der Waals surface area contributed by atoms with Crippen LogP contribution in [0.5, 0.6) is 0 Å². The molecule has 2 amide bonds. The van der Waals surface area contributed by atoms with Crippen molar-refractivity contribution in [2.75, 3.05) is 0 Å².